The smallest absolute Gasteiger partial charge is 0.286 e. The first-order chi connectivity index (χ1) is 12.1. The lowest BCUT2D eigenvalue weighted by molar-refractivity contribution is -0.113. The van der Waals surface area contributed by atoms with E-state index in [2.05, 4.69) is 4.99 Å². The van der Waals surface area contributed by atoms with E-state index in [0.29, 0.717) is 23.9 Å². The molecular weight excluding hydrogens is 336 g/mol. The highest BCUT2D eigenvalue weighted by atomic mass is 32.2. The van der Waals surface area contributed by atoms with Gasteiger partial charge in [-0.25, -0.2) is 0 Å². The summed E-state index contributed by atoms with van der Waals surface area (Å²) in [5.74, 6) is 1.21. The summed E-state index contributed by atoms with van der Waals surface area (Å²) in [6.45, 7) is 2.83. The quantitative estimate of drug-likeness (QED) is 0.636. The molecule has 0 aliphatic carbocycles. The van der Waals surface area contributed by atoms with Crippen LogP contribution in [0.5, 0.6) is 11.5 Å². The van der Waals surface area contributed by atoms with E-state index in [1.165, 1.54) is 0 Å². The number of ether oxygens (including phenoxy) is 2. The summed E-state index contributed by atoms with van der Waals surface area (Å²) in [6, 6.07) is 15.4. The van der Waals surface area contributed by atoms with Gasteiger partial charge in [0.05, 0.1) is 4.91 Å². The molecule has 6 heteroatoms. The number of nitrogens with zero attached hydrogens (tertiary/aromatic N) is 1. The first kappa shape index (κ1) is 17.1. The number of para-hydroxylation sites is 2. The number of carbonyl (C=O) groups is 1. The fourth-order valence-electron chi connectivity index (χ4n) is 2.32. The Morgan fingerprint density at radius 2 is 1.68 bits per heavy atom. The summed E-state index contributed by atoms with van der Waals surface area (Å²) < 4.78 is 11.5. The Kier molecular flexibility index (Phi) is 5.40. The molecule has 1 aliphatic heterocycles. The molecule has 0 atom stereocenters. The lowest BCUT2D eigenvalue weighted by Gasteiger charge is -2.11. The van der Waals surface area contributed by atoms with Gasteiger partial charge in [-0.05, 0) is 42.5 Å². The summed E-state index contributed by atoms with van der Waals surface area (Å²) in [5, 5.41) is 0.265. The number of amidine groups is 1. The van der Waals surface area contributed by atoms with Crippen LogP contribution in [-0.2, 0) is 4.79 Å². The number of hydrogen-bond acceptors (Lipinski definition) is 5. The first-order valence-corrected chi connectivity index (χ1v) is 8.63. The third-order valence-corrected chi connectivity index (χ3v) is 4.35. The van der Waals surface area contributed by atoms with Gasteiger partial charge in [0.15, 0.2) is 5.17 Å². The molecule has 0 bridgehead atoms. The highest BCUT2D eigenvalue weighted by molar-refractivity contribution is 8.18. The predicted molar refractivity (Wildman–Crippen MR) is 101 cm³/mol. The lowest BCUT2D eigenvalue weighted by atomic mass is 10.2. The van der Waals surface area contributed by atoms with Crippen molar-refractivity contribution in [3.05, 3.63) is 64.6 Å². The molecule has 1 heterocycles. The molecule has 2 aromatic rings. The molecule has 2 N–H and O–H groups in total. The molecule has 0 radical (unpaired) electrons. The number of rotatable bonds is 6. The van der Waals surface area contributed by atoms with Crippen LogP contribution in [0.1, 0.15) is 11.1 Å². The minimum Gasteiger partial charge on any atom is -0.490 e. The van der Waals surface area contributed by atoms with Crippen molar-refractivity contribution in [2.24, 2.45) is 10.7 Å². The van der Waals surface area contributed by atoms with Gasteiger partial charge >= 0.3 is 0 Å². The van der Waals surface area contributed by atoms with Gasteiger partial charge in [0.1, 0.15) is 24.7 Å². The second-order valence-electron chi connectivity index (χ2n) is 5.37. The first-order valence-electron chi connectivity index (χ1n) is 7.82. The highest BCUT2D eigenvalue weighted by Crippen LogP contribution is 2.29. The normalized spacial score (nSPS) is 15.3. The molecule has 0 unspecified atom stereocenters. The standard InChI is InChI=1S/C19H18N2O3S/c1-13-6-2-4-8-15(13)23-10-11-24-16-9-5-3-7-14(16)12-17-18(22)21-19(20)25-17/h2-9,12H,10-11H2,1H3,(H2,20,21,22). The largest absolute Gasteiger partial charge is 0.490 e. The van der Waals surface area contributed by atoms with Crippen molar-refractivity contribution in [2.45, 2.75) is 6.92 Å². The number of hydrogen-bond donors (Lipinski definition) is 1. The van der Waals surface area contributed by atoms with Crippen LogP contribution >= 0.6 is 11.8 Å². The second-order valence-corrected chi connectivity index (χ2v) is 6.43. The maximum Gasteiger partial charge on any atom is 0.286 e. The summed E-state index contributed by atoms with van der Waals surface area (Å²) in [7, 11) is 0. The van der Waals surface area contributed by atoms with Crippen molar-refractivity contribution >= 4 is 28.9 Å². The minimum atomic E-state index is -0.319. The number of aryl methyl sites for hydroxylation is 1. The summed E-state index contributed by atoms with van der Waals surface area (Å²) in [5.41, 5.74) is 7.47. The SMILES string of the molecule is Cc1ccccc1OCCOc1ccccc1C=C1SC(N)=NC1=O. The summed E-state index contributed by atoms with van der Waals surface area (Å²) >= 11 is 1.16. The third kappa shape index (κ3) is 4.42. The van der Waals surface area contributed by atoms with Gasteiger partial charge in [-0.1, -0.05) is 36.4 Å². The van der Waals surface area contributed by atoms with E-state index in [1.54, 1.807) is 6.08 Å². The van der Waals surface area contributed by atoms with Crippen LogP contribution in [0.4, 0.5) is 0 Å². The van der Waals surface area contributed by atoms with Crippen LogP contribution in [0, 0.1) is 6.92 Å². The monoisotopic (exact) mass is 354 g/mol. The highest BCUT2D eigenvalue weighted by Gasteiger charge is 2.20. The van der Waals surface area contributed by atoms with Crippen LogP contribution < -0.4 is 15.2 Å². The van der Waals surface area contributed by atoms with Crippen LogP contribution in [-0.4, -0.2) is 24.3 Å². The Bertz CT molecular complexity index is 846. The van der Waals surface area contributed by atoms with E-state index in [9.17, 15) is 4.79 Å². The minimum absolute atomic E-state index is 0.265. The molecule has 5 nitrogen and oxygen atoms in total. The van der Waals surface area contributed by atoms with Gasteiger partial charge in [-0.15, -0.1) is 0 Å². The van der Waals surface area contributed by atoms with Gasteiger partial charge in [-0.2, -0.15) is 4.99 Å². The number of amides is 1. The molecule has 0 aromatic heterocycles. The molecule has 0 saturated carbocycles. The van der Waals surface area contributed by atoms with Crippen LogP contribution in [0.25, 0.3) is 6.08 Å². The van der Waals surface area contributed by atoms with Gasteiger partial charge in [-0.3, -0.25) is 4.79 Å². The molecule has 0 saturated heterocycles. The number of thioether (sulfide) groups is 1. The number of benzene rings is 2. The molecule has 0 spiro atoms. The number of nitrogens with two attached hydrogens (primary N) is 1. The van der Waals surface area contributed by atoms with Crippen molar-refractivity contribution in [1.82, 2.24) is 0 Å². The van der Waals surface area contributed by atoms with Crippen molar-refractivity contribution < 1.29 is 14.3 Å². The van der Waals surface area contributed by atoms with E-state index >= 15 is 0 Å². The number of carbonyl (C=O) groups excluding carboxylic acids is 1. The number of aliphatic imine (C=N–C) groups is 1. The van der Waals surface area contributed by atoms with Crippen LogP contribution in [0.3, 0.4) is 0 Å². The molecule has 2 aromatic carbocycles. The molecule has 3 rings (SSSR count). The van der Waals surface area contributed by atoms with Crippen LogP contribution in [0.15, 0.2) is 58.4 Å². The zero-order valence-corrected chi connectivity index (χ0v) is 14.6. The van der Waals surface area contributed by atoms with Crippen molar-refractivity contribution in [2.75, 3.05) is 13.2 Å². The maximum atomic E-state index is 11.7. The molecule has 25 heavy (non-hydrogen) atoms. The summed E-state index contributed by atoms with van der Waals surface area (Å²) in [6.07, 6.45) is 1.74. The van der Waals surface area contributed by atoms with E-state index in [0.717, 1.165) is 28.6 Å². The molecule has 1 amide bonds. The Morgan fingerprint density at radius 1 is 1.04 bits per heavy atom. The Hall–Kier alpha value is -2.73. The Labute approximate surface area is 150 Å². The van der Waals surface area contributed by atoms with Crippen molar-refractivity contribution in [1.29, 1.82) is 0 Å². The van der Waals surface area contributed by atoms with E-state index in [1.807, 2.05) is 55.5 Å². The van der Waals surface area contributed by atoms with Crippen LogP contribution in [0.2, 0.25) is 0 Å². The fraction of sp³-hybridized carbons (Fsp3) is 0.158. The van der Waals surface area contributed by atoms with E-state index in [4.69, 9.17) is 15.2 Å². The second kappa shape index (κ2) is 7.90. The maximum absolute atomic E-state index is 11.7. The predicted octanol–water partition coefficient (Wildman–Crippen LogP) is 3.38. The molecule has 0 fully saturated rings. The average molecular weight is 354 g/mol. The molecule has 128 valence electrons. The fourth-order valence-corrected chi connectivity index (χ4v) is 2.99. The zero-order chi connectivity index (χ0) is 17.6. The lowest BCUT2D eigenvalue weighted by Crippen LogP contribution is -2.10. The van der Waals surface area contributed by atoms with E-state index in [-0.39, 0.29) is 11.1 Å². The van der Waals surface area contributed by atoms with Gasteiger partial charge in [0, 0.05) is 5.56 Å². The zero-order valence-electron chi connectivity index (χ0n) is 13.8. The third-order valence-electron chi connectivity index (χ3n) is 3.53. The topological polar surface area (TPSA) is 73.9 Å². The van der Waals surface area contributed by atoms with Crippen molar-refractivity contribution in [3.8, 4) is 11.5 Å². The van der Waals surface area contributed by atoms with Crippen molar-refractivity contribution in [3.63, 3.8) is 0 Å². The van der Waals surface area contributed by atoms with E-state index < -0.39 is 0 Å². The molecule has 1 aliphatic rings. The van der Waals surface area contributed by atoms with Gasteiger partial charge in [0.2, 0.25) is 0 Å². The molecular formula is C19H18N2O3S. The Morgan fingerprint density at radius 3 is 2.36 bits per heavy atom. The average Bonchev–Trinajstić information content (AvgIpc) is 2.92. The van der Waals surface area contributed by atoms with Gasteiger partial charge in [0.25, 0.3) is 5.91 Å². The Balaban J connectivity index is 1.61. The summed E-state index contributed by atoms with van der Waals surface area (Å²) in [4.78, 5) is 15.9. The van der Waals surface area contributed by atoms with Gasteiger partial charge < -0.3 is 15.2 Å².